The molecule has 6 nitrogen and oxygen atoms in total. The molecule has 2 aromatic rings. The molecule has 0 unspecified atom stereocenters. The van der Waals surface area contributed by atoms with Crippen molar-refractivity contribution in [1.82, 2.24) is 10.6 Å². The van der Waals surface area contributed by atoms with Crippen LogP contribution in [0.3, 0.4) is 0 Å². The summed E-state index contributed by atoms with van der Waals surface area (Å²) in [4.78, 5) is 24.6. The molecule has 128 valence electrons. The molecule has 4 N–H and O–H groups in total. The monoisotopic (exact) mass is 367 g/mol. The maximum absolute atomic E-state index is 12.2. The standard InChI is InChI=1S/C16H18ClN3O3S/c1-23-13-9-12(18)11(17)8-10(13)15(21)19-5-3-6-20-16(22)14-4-2-7-24-14/h2,4,7-9H,3,5-6,18H2,1H3,(H,19,21)(H,20,22). The Hall–Kier alpha value is -2.25. The molecule has 2 amide bonds. The van der Waals surface area contributed by atoms with Gasteiger partial charge in [-0.1, -0.05) is 17.7 Å². The van der Waals surface area contributed by atoms with E-state index < -0.39 is 0 Å². The van der Waals surface area contributed by atoms with Gasteiger partial charge in [-0.2, -0.15) is 0 Å². The van der Waals surface area contributed by atoms with Crippen LogP contribution in [-0.2, 0) is 0 Å². The Morgan fingerprint density at radius 2 is 1.96 bits per heavy atom. The highest BCUT2D eigenvalue weighted by Crippen LogP contribution is 2.28. The zero-order valence-corrected chi connectivity index (χ0v) is 14.7. The molecule has 0 saturated heterocycles. The van der Waals surface area contributed by atoms with Crippen LogP contribution in [0.25, 0.3) is 0 Å². The first-order valence-electron chi connectivity index (χ1n) is 7.26. The average Bonchev–Trinajstić information content (AvgIpc) is 3.10. The number of nitrogens with one attached hydrogen (secondary N) is 2. The van der Waals surface area contributed by atoms with E-state index in [1.165, 1.54) is 30.6 Å². The summed E-state index contributed by atoms with van der Waals surface area (Å²) in [5.74, 6) is -0.0537. The van der Waals surface area contributed by atoms with Crippen molar-refractivity contribution in [1.29, 1.82) is 0 Å². The molecule has 0 radical (unpaired) electrons. The summed E-state index contributed by atoms with van der Waals surface area (Å²) in [6.45, 7) is 0.880. The maximum Gasteiger partial charge on any atom is 0.261 e. The van der Waals surface area contributed by atoms with Gasteiger partial charge in [0.1, 0.15) is 5.75 Å². The van der Waals surface area contributed by atoms with Crippen LogP contribution in [-0.4, -0.2) is 32.0 Å². The van der Waals surface area contributed by atoms with Gasteiger partial charge in [0.2, 0.25) is 0 Å². The van der Waals surface area contributed by atoms with Crippen LogP contribution in [0.2, 0.25) is 5.02 Å². The highest BCUT2D eigenvalue weighted by molar-refractivity contribution is 7.12. The van der Waals surface area contributed by atoms with Crippen LogP contribution >= 0.6 is 22.9 Å². The van der Waals surface area contributed by atoms with E-state index in [-0.39, 0.29) is 11.8 Å². The van der Waals surface area contributed by atoms with Crippen LogP contribution in [0, 0.1) is 0 Å². The van der Waals surface area contributed by atoms with E-state index >= 15 is 0 Å². The van der Waals surface area contributed by atoms with E-state index in [9.17, 15) is 9.59 Å². The fourth-order valence-electron chi connectivity index (χ4n) is 2.00. The molecule has 24 heavy (non-hydrogen) atoms. The van der Waals surface area contributed by atoms with Crippen molar-refractivity contribution in [3.8, 4) is 5.75 Å². The minimum absolute atomic E-state index is 0.108. The molecule has 0 atom stereocenters. The average molecular weight is 368 g/mol. The van der Waals surface area contributed by atoms with Gasteiger partial charge in [0.05, 0.1) is 28.3 Å². The topological polar surface area (TPSA) is 93.4 Å². The predicted molar refractivity (Wildman–Crippen MR) is 96.0 cm³/mol. The van der Waals surface area contributed by atoms with E-state index in [1.807, 2.05) is 11.4 Å². The predicted octanol–water partition coefficient (Wildman–Crippen LogP) is 2.54. The van der Waals surface area contributed by atoms with E-state index in [0.29, 0.717) is 46.4 Å². The van der Waals surface area contributed by atoms with Crippen molar-refractivity contribution >= 4 is 40.4 Å². The number of nitrogens with two attached hydrogens (primary N) is 1. The molecular formula is C16H18ClN3O3S. The van der Waals surface area contributed by atoms with Gasteiger partial charge in [0.15, 0.2) is 0 Å². The normalized spacial score (nSPS) is 10.2. The number of hydrogen-bond donors (Lipinski definition) is 3. The molecule has 0 aliphatic rings. The number of carbonyl (C=O) groups excluding carboxylic acids is 2. The summed E-state index contributed by atoms with van der Waals surface area (Å²) < 4.78 is 5.15. The largest absolute Gasteiger partial charge is 0.496 e. The Kier molecular flexibility index (Phi) is 6.45. The number of rotatable bonds is 7. The number of anilines is 1. The number of ether oxygens (including phenoxy) is 1. The third kappa shape index (κ3) is 4.62. The third-order valence-corrected chi connectivity index (χ3v) is 4.43. The Morgan fingerprint density at radius 1 is 1.25 bits per heavy atom. The molecule has 0 aliphatic heterocycles. The zero-order valence-electron chi connectivity index (χ0n) is 13.1. The molecule has 1 aromatic carbocycles. The first-order valence-corrected chi connectivity index (χ1v) is 8.51. The second-order valence-corrected chi connectivity index (χ2v) is 6.27. The fraction of sp³-hybridized carbons (Fsp3) is 0.250. The zero-order chi connectivity index (χ0) is 17.5. The number of amides is 2. The molecule has 2 rings (SSSR count). The lowest BCUT2D eigenvalue weighted by atomic mass is 10.1. The van der Waals surface area contributed by atoms with Crippen molar-refractivity contribution in [2.75, 3.05) is 25.9 Å². The molecule has 0 bridgehead atoms. The van der Waals surface area contributed by atoms with Crippen LogP contribution in [0.1, 0.15) is 26.5 Å². The highest BCUT2D eigenvalue weighted by atomic mass is 35.5. The quantitative estimate of drug-likeness (QED) is 0.518. The van der Waals surface area contributed by atoms with Crippen LogP contribution in [0.4, 0.5) is 5.69 Å². The lowest BCUT2D eigenvalue weighted by molar-refractivity contribution is 0.0950. The maximum atomic E-state index is 12.2. The van der Waals surface area contributed by atoms with Gasteiger partial charge in [-0.3, -0.25) is 9.59 Å². The summed E-state index contributed by atoms with van der Waals surface area (Å²) >= 11 is 7.33. The lowest BCUT2D eigenvalue weighted by Gasteiger charge is -2.11. The minimum Gasteiger partial charge on any atom is -0.496 e. The van der Waals surface area contributed by atoms with Crippen molar-refractivity contribution in [2.24, 2.45) is 0 Å². The van der Waals surface area contributed by atoms with Gasteiger partial charge in [-0.25, -0.2) is 0 Å². The second kappa shape index (κ2) is 8.56. The molecular weight excluding hydrogens is 350 g/mol. The molecule has 0 aliphatic carbocycles. The van der Waals surface area contributed by atoms with Gasteiger partial charge in [0, 0.05) is 19.2 Å². The van der Waals surface area contributed by atoms with Crippen molar-refractivity contribution < 1.29 is 14.3 Å². The van der Waals surface area contributed by atoms with Crippen LogP contribution in [0.15, 0.2) is 29.6 Å². The van der Waals surface area contributed by atoms with Gasteiger partial charge in [-0.05, 0) is 23.9 Å². The summed E-state index contributed by atoms with van der Waals surface area (Å²) in [6, 6.07) is 6.58. The Bertz CT molecular complexity index is 720. The minimum atomic E-state index is -0.307. The number of halogens is 1. The summed E-state index contributed by atoms with van der Waals surface area (Å²) in [7, 11) is 1.46. The number of hydrogen-bond acceptors (Lipinski definition) is 5. The highest BCUT2D eigenvalue weighted by Gasteiger charge is 2.14. The molecule has 0 fully saturated rings. The SMILES string of the molecule is COc1cc(N)c(Cl)cc1C(=O)NCCCNC(=O)c1cccs1. The Labute approximate surface area is 148 Å². The number of benzene rings is 1. The van der Waals surface area contributed by atoms with Gasteiger partial charge in [0.25, 0.3) is 11.8 Å². The molecule has 8 heteroatoms. The van der Waals surface area contributed by atoms with Gasteiger partial charge < -0.3 is 21.1 Å². The van der Waals surface area contributed by atoms with E-state index in [0.717, 1.165) is 0 Å². The summed E-state index contributed by atoms with van der Waals surface area (Å²) in [6.07, 6.45) is 0.605. The summed E-state index contributed by atoms with van der Waals surface area (Å²) in [5, 5.41) is 7.70. The second-order valence-electron chi connectivity index (χ2n) is 4.92. The number of nitrogen functional groups attached to an aromatic ring is 1. The van der Waals surface area contributed by atoms with E-state index in [4.69, 9.17) is 22.1 Å². The first kappa shape index (κ1) is 18.1. The number of methoxy groups -OCH3 is 1. The van der Waals surface area contributed by atoms with Crippen molar-refractivity contribution in [3.05, 3.63) is 45.1 Å². The number of carbonyl (C=O) groups is 2. The van der Waals surface area contributed by atoms with Gasteiger partial charge >= 0.3 is 0 Å². The molecule has 0 saturated carbocycles. The van der Waals surface area contributed by atoms with Crippen LogP contribution in [0.5, 0.6) is 5.75 Å². The smallest absolute Gasteiger partial charge is 0.261 e. The number of thiophene rings is 1. The molecule has 1 heterocycles. The third-order valence-electron chi connectivity index (χ3n) is 3.23. The fourth-order valence-corrected chi connectivity index (χ4v) is 2.80. The molecule has 1 aromatic heterocycles. The summed E-state index contributed by atoms with van der Waals surface area (Å²) in [5.41, 5.74) is 6.36. The van der Waals surface area contributed by atoms with Gasteiger partial charge in [-0.15, -0.1) is 11.3 Å². The first-order chi connectivity index (χ1) is 11.5. The van der Waals surface area contributed by atoms with E-state index in [1.54, 1.807) is 6.07 Å². The van der Waals surface area contributed by atoms with Crippen molar-refractivity contribution in [2.45, 2.75) is 6.42 Å². The van der Waals surface area contributed by atoms with Crippen LogP contribution < -0.4 is 21.1 Å². The Morgan fingerprint density at radius 3 is 2.58 bits per heavy atom. The Balaban J connectivity index is 1.79. The van der Waals surface area contributed by atoms with Crippen molar-refractivity contribution in [3.63, 3.8) is 0 Å². The lowest BCUT2D eigenvalue weighted by Crippen LogP contribution is -2.29. The van der Waals surface area contributed by atoms with E-state index in [2.05, 4.69) is 10.6 Å². The molecule has 0 spiro atoms.